The second-order valence-corrected chi connectivity index (χ2v) is 10.3. The lowest BCUT2D eigenvalue weighted by Crippen LogP contribution is -2.43. The summed E-state index contributed by atoms with van der Waals surface area (Å²) in [4.78, 5) is 12.8. The molecule has 1 atom stereocenters. The van der Waals surface area contributed by atoms with Crippen molar-refractivity contribution >= 4 is 39.1 Å². The zero-order valence-electron chi connectivity index (χ0n) is 17.9. The van der Waals surface area contributed by atoms with Gasteiger partial charge in [-0.15, -0.1) is 0 Å². The van der Waals surface area contributed by atoms with Crippen LogP contribution in [0.25, 0.3) is 0 Å². The van der Waals surface area contributed by atoms with Gasteiger partial charge in [-0.1, -0.05) is 53.9 Å². The van der Waals surface area contributed by atoms with E-state index < -0.39 is 10.0 Å². The summed E-state index contributed by atoms with van der Waals surface area (Å²) in [6.07, 6.45) is 0.751. The van der Waals surface area contributed by atoms with Crippen LogP contribution in [-0.4, -0.2) is 31.2 Å². The Bertz CT molecular complexity index is 1020. The molecule has 0 heterocycles. The van der Waals surface area contributed by atoms with Crippen molar-refractivity contribution in [3.05, 3.63) is 62.6 Å². The van der Waals surface area contributed by atoms with Crippen molar-refractivity contribution in [3.8, 4) is 0 Å². The van der Waals surface area contributed by atoms with Crippen LogP contribution in [0, 0.1) is 20.8 Å². The normalized spacial score (nSPS) is 12.8. The molecule has 0 spiro atoms. The molecule has 0 aliphatic heterocycles. The Morgan fingerprint density at radius 3 is 2.20 bits per heavy atom. The Labute approximate surface area is 189 Å². The summed E-state index contributed by atoms with van der Waals surface area (Å²) < 4.78 is 28.4. The predicted molar refractivity (Wildman–Crippen MR) is 123 cm³/mol. The van der Waals surface area contributed by atoms with Crippen LogP contribution in [0.3, 0.4) is 0 Å². The highest BCUT2D eigenvalue weighted by molar-refractivity contribution is 7.89. The molecule has 2 rings (SSSR count). The zero-order valence-corrected chi connectivity index (χ0v) is 20.2. The highest BCUT2D eigenvalue weighted by Crippen LogP contribution is 2.28. The Kier molecular flexibility index (Phi) is 8.34. The van der Waals surface area contributed by atoms with E-state index in [0.29, 0.717) is 26.7 Å². The number of nitrogens with one attached hydrogen (secondary N) is 1. The molecular weight excluding hydrogens is 443 g/mol. The first-order chi connectivity index (χ1) is 13.9. The zero-order chi connectivity index (χ0) is 22.6. The van der Waals surface area contributed by atoms with Crippen molar-refractivity contribution < 1.29 is 13.2 Å². The fourth-order valence-electron chi connectivity index (χ4n) is 3.35. The van der Waals surface area contributed by atoms with Crippen LogP contribution < -0.4 is 5.32 Å². The van der Waals surface area contributed by atoms with Crippen molar-refractivity contribution in [2.75, 3.05) is 6.54 Å². The maximum atomic E-state index is 13.6. The van der Waals surface area contributed by atoms with Crippen LogP contribution >= 0.6 is 23.2 Å². The van der Waals surface area contributed by atoms with Gasteiger partial charge in [0, 0.05) is 12.6 Å². The monoisotopic (exact) mass is 470 g/mol. The molecule has 30 heavy (non-hydrogen) atoms. The van der Waals surface area contributed by atoms with Gasteiger partial charge < -0.3 is 5.32 Å². The Morgan fingerprint density at radius 2 is 1.67 bits per heavy atom. The Morgan fingerprint density at radius 1 is 1.07 bits per heavy atom. The molecule has 0 fully saturated rings. The van der Waals surface area contributed by atoms with E-state index in [2.05, 4.69) is 5.32 Å². The summed E-state index contributed by atoms with van der Waals surface area (Å²) in [5.74, 6) is -0.351. The van der Waals surface area contributed by atoms with Gasteiger partial charge in [0.2, 0.25) is 15.9 Å². The molecule has 0 saturated heterocycles. The number of carbonyl (C=O) groups excluding carboxylic acids is 1. The molecule has 0 radical (unpaired) electrons. The van der Waals surface area contributed by atoms with Gasteiger partial charge in [0.25, 0.3) is 0 Å². The first kappa shape index (κ1) is 24.7. The topological polar surface area (TPSA) is 66.5 Å². The van der Waals surface area contributed by atoms with E-state index in [0.717, 1.165) is 12.0 Å². The standard InChI is InChI=1S/C22H28Cl2N2O3S/c1-6-17(5)25-21(27)13-26(12-18-7-8-19(23)20(24)11-18)30(28,29)22-15(3)9-14(2)10-16(22)4/h7-11,17H,6,12-13H2,1-5H3,(H,25,27)/t17-/m0/s1. The molecule has 5 nitrogen and oxygen atoms in total. The third kappa shape index (κ3) is 5.97. The van der Waals surface area contributed by atoms with Crippen LogP contribution in [0.1, 0.15) is 42.5 Å². The van der Waals surface area contributed by atoms with Gasteiger partial charge in [-0.2, -0.15) is 4.31 Å². The molecule has 1 N–H and O–H groups in total. The molecule has 2 aromatic carbocycles. The van der Waals surface area contributed by atoms with Crippen LogP contribution in [0.4, 0.5) is 0 Å². The van der Waals surface area contributed by atoms with Gasteiger partial charge in [-0.3, -0.25) is 4.79 Å². The quantitative estimate of drug-likeness (QED) is 0.588. The molecule has 8 heteroatoms. The average molecular weight is 471 g/mol. The van der Waals surface area contributed by atoms with E-state index >= 15 is 0 Å². The number of carbonyl (C=O) groups is 1. The van der Waals surface area contributed by atoms with E-state index in [9.17, 15) is 13.2 Å². The molecule has 2 aromatic rings. The van der Waals surface area contributed by atoms with Crippen molar-refractivity contribution in [1.82, 2.24) is 9.62 Å². The second kappa shape index (κ2) is 10.1. The third-order valence-corrected chi connectivity index (χ3v) is 7.72. The van der Waals surface area contributed by atoms with Crippen molar-refractivity contribution in [1.29, 1.82) is 0 Å². The molecule has 1 amide bonds. The molecule has 0 unspecified atom stereocenters. The van der Waals surface area contributed by atoms with E-state index in [1.54, 1.807) is 32.0 Å². The van der Waals surface area contributed by atoms with Crippen LogP contribution in [0.2, 0.25) is 10.0 Å². The minimum absolute atomic E-state index is 0.0000946. The minimum Gasteiger partial charge on any atom is -0.353 e. The number of hydrogen-bond donors (Lipinski definition) is 1. The SMILES string of the molecule is CC[C@H](C)NC(=O)CN(Cc1ccc(Cl)c(Cl)c1)S(=O)(=O)c1c(C)cc(C)cc1C. The third-order valence-electron chi connectivity index (χ3n) is 4.89. The molecule has 0 aromatic heterocycles. The van der Waals surface area contributed by atoms with Crippen LogP contribution in [0.5, 0.6) is 0 Å². The number of aryl methyl sites for hydroxylation is 3. The number of sulfonamides is 1. The molecule has 0 aliphatic carbocycles. The van der Waals surface area contributed by atoms with Gasteiger partial charge in [-0.05, 0) is 62.9 Å². The average Bonchev–Trinajstić information content (AvgIpc) is 2.62. The van der Waals surface area contributed by atoms with E-state index in [1.165, 1.54) is 4.31 Å². The fraction of sp³-hybridized carbons (Fsp3) is 0.409. The highest BCUT2D eigenvalue weighted by atomic mass is 35.5. The first-order valence-corrected chi connectivity index (χ1v) is 12.0. The minimum atomic E-state index is -3.94. The summed E-state index contributed by atoms with van der Waals surface area (Å²) >= 11 is 12.1. The van der Waals surface area contributed by atoms with Gasteiger partial charge in [0.05, 0.1) is 21.5 Å². The summed E-state index contributed by atoms with van der Waals surface area (Å²) in [5.41, 5.74) is 2.92. The highest BCUT2D eigenvalue weighted by Gasteiger charge is 2.30. The summed E-state index contributed by atoms with van der Waals surface area (Å²) in [5, 5.41) is 3.55. The smallest absolute Gasteiger partial charge is 0.244 e. The summed E-state index contributed by atoms with van der Waals surface area (Å²) in [6.45, 7) is 8.99. The van der Waals surface area contributed by atoms with E-state index in [4.69, 9.17) is 23.2 Å². The maximum absolute atomic E-state index is 13.6. The summed E-state index contributed by atoms with van der Waals surface area (Å²) in [6, 6.07) is 8.56. The Hall–Kier alpha value is -1.60. The number of halogens is 2. The van der Waals surface area contributed by atoms with Crippen LogP contribution in [-0.2, 0) is 21.4 Å². The van der Waals surface area contributed by atoms with Gasteiger partial charge >= 0.3 is 0 Å². The van der Waals surface area contributed by atoms with Crippen molar-refractivity contribution in [2.24, 2.45) is 0 Å². The van der Waals surface area contributed by atoms with Crippen molar-refractivity contribution in [3.63, 3.8) is 0 Å². The number of nitrogens with zero attached hydrogens (tertiary/aromatic N) is 1. The Balaban J connectivity index is 2.48. The van der Waals surface area contributed by atoms with Gasteiger partial charge in [0.15, 0.2) is 0 Å². The predicted octanol–water partition coefficient (Wildman–Crippen LogP) is 5.02. The van der Waals surface area contributed by atoms with Gasteiger partial charge in [-0.25, -0.2) is 8.42 Å². The molecule has 0 aliphatic rings. The first-order valence-electron chi connectivity index (χ1n) is 9.77. The summed E-state index contributed by atoms with van der Waals surface area (Å²) in [7, 11) is -3.94. The lowest BCUT2D eigenvalue weighted by atomic mass is 10.1. The molecule has 0 bridgehead atoms. The van der Waals surface area contributed by atoms with E-state index in [-0.39, 0.29) is 29.9 Å². The largest absolute Gasteiger partial charge is 0.353 e. The number of hydrogen-bond acceptors (Lipinski definition) is 3. The van der Waals surface area contributed by atoms with Gasteiger partial charge in [0.1, 0.15) is 0 Å². The number of benzene rings is 2. The molecule has 0 saturated carbocycles. The molecular formula is C22H28Cl2N2O3S. The number of rotatable bonds is 8. The number of amides is 1. The fourth-order valence-corrected chi connectivity index (χ4v) is 5.47. The lowest BCUT2D eigenvalue weighted by molar-refractivity contribution is -0.122. The molecule has 164 valence electrons. The lowest BCUT2D eigenvalue weighted by Gasteiger charge is -2.25. The van der Waals surface area contributed by atoms with Crippen molar-refractivity contribution in [2.45, 2.75) is 58.5 Å². The maximum Gasteiger partial charge on any atom is 0.244 e. The van der Waals surface area contributed by atoms with Crippen LogP contribution in [0.15, 0.2) is 35.2 Å². The van der Waals surface area contributed by atoms with E-state index in [1.807, 2.05) is 32.9 Å². The second-order valence-electron chi connectivity index (χ2n) is 7.63.